The first-order valence-electron chi connectivity index (χ1n) is 8.86. The molecule has 1 saturated heterocycles. The Morgan fingerprint density at radius 3 is 2.56 bits per heavy atom. The zero-order valence-electron chi connectivity index (χ0n) is 15.5. The van der Waals surface area contributed by atoms with Crippen molar-refractivity contribution in [2.24, 2.45) is 0 Å². The van der Waals surface area contributed by atoms with Gasteiger partial charge in [-0.05, 0) is 52.3 Å². The molecule has 0 bridgehead atoms. The molecule has 2 aromatic heterocycles. The van der Waals surface area contributed by atoms with Crippen molar-refractivity contribution in [3.63, 3.8) is 0 Å². The van der Waals surface area contributed by atoms with E-state index < -0.39 is 0 Å². The van der Waals surface area contributed by atoms with Crippen LogP contribution in [0.5, 0.6) is 0 Å². The van der Waals surface area contributed by atoms with E-state index in [2.05, 4.69) is 15.1 Å². The van der Waals surface area contributed by atoms with Crippen molar-refractivity contribution < 1.29 is 9.21 Å². The topological polar surface area (TPSA) is 62.5 Å². The zero-order valence-corrected chi connectivity index (χ0v) is 15.5. The molecule has 0 N–H and O–H groups in total. The molecule has 0 spiro atoms. The van der Waals surface area contributed by atoms with Gasteiger partial charge in [0, 0.05) is 31.7 Å². The Kier molecular flexibility index (Phi) is 5.06. The lowest BCUT2D eigenvalue weighted by Gasteiger charge is -2.25. The number of furan rings is 1. The largest absolute Gasteiger partial charge is 0.466 e. The van der Waals surface area contributed by atoms with Crippen LogP contribution in [0.25, 0.3) is 0 Å². The standard InChI is InChI=1S/C19H26N4O2/c1-13-6-7-18(21-20-13)22-8-5-9-23(11-10-22)19(24)15(3)17-12-14(2)25-16(17)4/h6-7,12,15H,5,8-11H2,1-4H3/t15-/m1/s1. The highest BCUT2D eigenvalue weighted by molar-refractivity contribution is 5.83. The van der Waals surface area contributed by atoms with Crippen LogP contribution in [0.4, 0.5) is 5.82 Å². The second-order valence-electron chi connectivity index (χ2n) is 6.79. The first-order valence-corrected chi connectivity index (χ1v) is 8.86. The third kappa shape index (κ3) is 3.83. The summed E-state index contributed by atoms with van der Waals surface area (Å²) in [7, 11) is 0. The van der Waals surface area contributed by atoms with Crippen molar-refractivity contribution in [1.29, 1.82) is 0 Å². The summed E-state index contributed by atoms with van der Waals surface area (Å²) in [5.74, 6) is 2.56. The van der Waals surface area contributed by atoms with Gasteiger partial charge in [-0.15, -0.1) is 5.10 Å². The number of carbonyl (C=O) groups is 1. The van der Waals surface area contributed by atoms with Gasteiger partial charge in [0.1, 0.15) is 11.5 Å². The highest BCUT2D eigenvalue weighted by Crippen LogP contribution is 2.25. The third-order valence-electron chi connectivity index (χ3n) is 4.83. The molecule has 6 heteroatoms. The first-order chi connectivity index (χ1) is 12.0. The van der Waals surface area contributed by atoms with Crippen LogP contribution in [0.2, 0.25) is 0 Å². The fraction of sp³-hybridized carbons (Fsp3) is 0.526. The molecule has 25 heavy (non-hydrogen) atoms. The number of carbonyl (C=O) groups excluding carboxylic acids is 1. The van der Waals surface area contributed by atoms with Gasteiger partial charge in [0.05, 0.1) is 11.6 Å². The van der Waals surface area contributed by atoms with Crippen molar-refractivity contribution in [3.05, 3.63) is 41.0 Å². The number of nitrogens with zero attached hydrogens (tertiary/aromatic N) is 4. The Labute approximate surface area is 148 Å². The minimum Gasteiger partial charge on any atom is -0.466 e. The Morgan fingerprint density at radius 2 is 1.92 bits per heavy atom. The van der Waals surface area contributed by atoms with Crippen LogP contribution in [-0.4, -0.2) is 47.2 Å². The van der Waals surface area contributed by atoms with E-state index in [1.54, 1.807) is 0 Å². The molecule has 1 aliphatic heterocycles. The number of rotatable bonds is 3. The third-order valence-corrected chi connectivity index (χ3v) is 4.83. The molecule has 0 saturated carbocycles. The molecule has 0 unspecified atom stereocenters. The predicted molar refractivity (Wildman–Crippen MR) is 96.8 cm³/mol. The maximum absolute atomic E-state index is 12.9. The normalized spacial score (nSPS) is 16.6. The number of hydrogen-bond acceptors (Lipinski definition) is 5. The van der Waals surface area contributed by atoms with Gasteiger partial charge in [0.2, 0.25) is 5.91 Å². The van der Waals surface area contributed by atoms with Crippen LogP contribution in [0.1, 0.15) is 42.0 Å². The fourth-order valence-corrected chi connectivity index (χ4v) is 3.41. The van der Waals surface area contributed by atoms with Gasteiger partial charge in [-0.2, -0.15) is 5.10 Å². The number of aromatic nitrogens is 2. The van der Waals surface area contributed by atoms with Gasteiger partial charge >= 0.3 is 0 Å². The predicted octanol–water partition coefficient (Wildman–Crippen LogP) is 2.84. The molecule has 0 aromatic carbocycles. The van der Waals surface area contributed by atoms with E-state index in [-0.39, 0.29) is 11.8 Å². The molecule has 3 heterocycles. The van der Waals surface area contributed by atoms with Gasteiger partial charge in [-0.1, -0.05) is 0 Å². The number of amides is 1. The van der Waals surface area contributed by atoms with Crippen LogP contribution < -0.4 is 4.90 Å². The second-order valence-corrected chi connectivity index (χ2v) is 6.79. The minimum absolute atomic E-state index is 0.167. The van der Waals surface area contributed by atoms with Crippen molar-refractivity contribution in [3.8, 4) is 0 Å². The van der Waals surface area contributed by atoms with Crippen molar-refractivity contribution in [2.45, 2.75) is 40.0 Å². The maximum Gasteiger partial charge on any atom is 0.230 e. The highest BCUT2D eigenvalue weighted by atomic mass is 16.3. The molecule has 6 nitrogen and oxygen atoms in total. The zero-order chi connectivity index (χ0) is 18.0. The monoisotopic (exact) mass is 342 g/mol. The molecule has 0 radical (unpaired) electrons. The van der Waals surface area contributed by atoms with Crippen molar-refractivity contribution in [1.82, 2.24) is 15.1 Å². The molecule has 0 aliphatic carbocycles. The summed E-state index contributed by atoms with van der Waals surface area (Å²) in [4.78, 5) is 17.1. The van der Waals surface area contributed by atoms with Crippen molar-refractivity contribution in [2.75, 3.05) is 31.1 Å². The van der Waals surface area contributed by atoms with Gasteiger partial charge in [0.15, 0.2) is 5.82 Å². The second kappa shape index (κ2) is 7.25. The van der Waals surface area contributed by atoms with Gasteiger partial charge in [0.25, 0.3) is 0 Å². The Balaban J connectivity index is 1.67. The van der Waals surface area contributed by atoms with Crippen LogP contribution in [0.15, 0.2) is 22.6 Å². The summed E-state index contributed by atoms with van der Waals surface area (Å²) >= 11 is 0. The molecule has 1 fully saturated rings. The molecular weight excluding hydrogens is 316 g/mol. The molecule has 134 valence electrons. The lowest BCUT2D eigenvalue weighted by molar-refractivity contribution is -0.132. The van der Waals surface area contributed by atoms with Crippen LogP contribution >= 0.6 is 0 Å². The minimum atomic E-state index is -0.178. The number of anilines is 1. The van der Waals surface area contributed by atoms with Gasteiger partial charge in [-0.25, -0.2) is 0 Å². The number of aryl methyl sites for hydroxylation is 3. The average Bonchev–Trinajstić information content (AvgIpc) is 2.79. The molecule has 1 atom stereocenters. The Bertz CT molecular complexity index is 738. The quantitative estimate of drug-likeness (QED) is 0.858. The number of hydrogen-bond donors (Lipinski definition) is 0. The van der Waals surface area contributed by atoms with Gasteiger partial charge in [-0.3, -0.25) is 4.79 Å². The molecule has 3 rings (SSSR count). The average molecular weight is 342 g/mol. The van der Waals surface area contributed by atoms with E-state index in [1.165, 1.54) is 0 Å². The lowest BCUT2D eigenvalue weighted by atomic mass is 10.00. The molecule has 1 aliphatic rings. The molecule has 1 amide bonds. The lowest BCUT2D eigenvalue weighted by Crippen LogP contribution is -2.37. The van der Waals surface area contributed by atoms with Crippen LogP contribution in [-0.2, 0) is 4.79 Å². The SMILES string of the molecule is Cc1ccc(N2CCCN(C(=O)[C@H](C)c3cc(C)oc3C)CC2)nn1. The Morgan fingerprint density at radius 1 is 1.12 bits per heavy atom. The van der Waals surface area contributed by atoms with E-state index in [0.29, 0.717) is 6.54 Å². The fourth-order valence-electron chi connectivity index (χ4n) is 3.41. The summed E-state index contributed by atoms with van der Waals surface area (Å²) < 4.78 is 5.59. The van der Waals surface area contributed by atoms with Gasteiger partial charge < -0.3 is 14.2 Å². The van der Waals surface area contributed by atoms with Crippen LogP contribution in [0, 0.1) is 20.8 Å². The summed E-state index contributed by atoms with van der Waals surface area (Å²) in [6, 6.07) is 5.95. The maximum atomic E-state index is 12.9. The smallest absolute Gasteiger partial charge is 0.230 e. The van der Waals surface area contributed by atoms with E-state index >= 15 is 0 Å². The summed E-state index contributed by atoms with van der Waals surface area (Å²) in [6.45, 7) is 10.9. The highest BCUT2D eigenvalue weighted by Gasteiger charge is 2.27. The van der Waals surface area contributed by atoms with E-state index in [0.717, 1.165) is 54.7 Å². The first kappa shape index (κ1) is 17.5. The van der Waals surface area contributed by atoms with Crippen LogP contribution in [0.3, 0.4) is 0 Å². The summed E-state index contributed by atoms with van der Waals surface area (Å²) in [6.07, 6.45) is 0.928. The molecule has 2 aromatic rings. The van der Waals surface area contributed by atoms with Crippen molar-refractivity contribution >= 4 is 11.7 Å². The van der Waals surface area contributed by atoms with E-state index in [1.807, 2.05) is 50.8 Å². The van der Waals surface area contributed by atoms with E-state index in [4.69, 9.17) is 4.42 Å². The van der Waals surface area contributed by atoms with E-state index in [9.17, 15) is 4.79 Å². The Hall–Kier alpha value is -2.37. The molecular formula is C19H26N4O2. The summed E-state index contributed by atoms with van der Waals surface area (Å²) in [5, 5.41) is 8.41. The summed E-state index contributed by atoms with van der Waals surface area (Å²) in [5.41, 5.74) is 1.91.